The zero-order valence-electron chi connectivity index (χ0n) is 8.38. The molecule has 0 unspecified atom stereocenters. The number of nitrogens with two attached hydrogens (primary N) is 1. The topological polar surface area (TPSA) is 97.5 Å². The second-order valence-electron chi connectivity index (χ2n) is 3.23. The van der Waals surface area contributed by atoms with E-state index in [1.54, 1.807) is 6.07 Å². The molecular formula is C10H11NO4S. The average Bonchev–Trinajstić information content (AvgIpc) is 2.16. The Bertz CT molecular complexity index is 534. The molecule has 86 valence electrons. The van der Waals surface area contributed by atoms with E-state index < -0.39 is 16.0 Å². The fourth-order valence-electron chi connectivity index (χ4n) is 1.22. The van der Waals surface area contributed by atoms with Crippen LogP contribution in [0.4, 0.5) is 0 Å². The van der Waals surface area contributed by atoms with Crippen LogP contribution in [0.5, 0.6) is 0 Å². The van der Waals surface area contributed by atoms with Crippen LogP contribution in [-0.4, -0.2) is 18.9 Å². The van der Waals surface area contributed by atoms with Gasteiger partial charge in [0.1, 0.15) is 0 Å². The van der Waals surface area contributed by atoms with Crippen molar-refractivity contribution in [2.24, 2.45) is 5.73 Å². The van der Waals surface area contributed by atoms with Crippen molar-refractivity contribution in [3.05, 3.63) is 42.0 Å². The van der Waals surface area contributed by atoms with Crippen molar-refractivity contribution in [1.29, 1.82) is 0 Å². The molecule has 0 saturated heterocycles. The van der Waals surface area contributed by atoms with Gasteiger partial charge < -0.3 is 5.73 Å². The van der Waals surface area contributed by atoms with Crippen LogP contribution >= 0.6 is 0 Å². The van der Waals surface area contributed by atoms with Gasteiger partial charge >= 0.3 is 0 Å². The number of amides is 1. The van der Waals surface area contributed by atoms with Gasteiger partial charge in [0.15, 0.2) is 0 Å². The van der Waals surface area contributed by atoms with Crippen LogP contribution in [0.15, 0.2) is 41.3 Å². The summed E-state index contributed by atoms with van der Waals surface area (Å²) < 4.78 is 31.0. The monoisotopic (exact) mass is 241 g/mol. The minimum atomic E-state index is -4.30. The summed E-state index contributed by atoms with van der Waals surface area (Å²) in [6.07, 6.45) is -0.00863. The molecule has 6 heteroatoms. The molecule has 0 fully saturated rings. The van der Waals surface area contributed by atoms with E-state index in [9.17, 15) is 13.2 Å². The molecule has 0 spiro atoms. The molecule has 0 aromatic heterocycles. The zero-order chi connectivity index (χ0) is 12.3. The number of carbonyl (C=O) groups excluding carboxylic acids is 1. The summed E-state index contributed by atoms with van der Waals surface area (Å²) in [4.78, 5) is 10.5. The highest BCUT2D eigenvalue weighted by Gasteiger charge is 2.16. The first-order valence-corrected chi connectivity index (χ1v) is 5.79. The summed E-state index contributed by atoms with van der Waals surface area (Å²) in [7, 11) is -4.30. The molecule has 1 aromatic rings. The molecule has 1 aromatic carbocycles. The third-order valence-corrected chi connectivity index (χ3v) is 2.96. The lowest BCUT2D eigenvalue weighted by Crippen LogP contribution is -2.15. The lowest BCUT2D eigenvalue weighted by atomic mass is 10.1. The molecule has 0 heterocycles. The van der Waals surface area contributed by atoms with Gasteiger partial charge in [-0.15, -0.1) is 0 Å². The predicted molar refractivity (Wildman–Crippen MR) is 58.3 cm³/mol. The second-order valence-corrected chi connectivity index (χ2v) is 4.62. The van der Waals surface area contributed by atoms with Gasteiger partial charge in [-0.05, 0) is 11.6 Å². The first-order valence-electron chi connectivity index (χ1n) is 4.35. The third kappa shape index (κ3) is 2.91. The van der Waals surface area contributed by atoms with Crippen molar-refractivity contribution in [2.45, 2.75) is 11.3 Å². The van der Waals surface area contributed by atoms with Crippen LogP contribution in [-0.2, 0) is 21.3 Å². The number of carbonyl (C=O) groups is 1. The van der Waals surface area contributed by atoms with E-state index in [1.807, 2.05) is 0 Å². The van der Waals surface area contributed by atoms with Gasteiger partial charge in [0.2, 0.25) is 5.91 Å². The van der Waals surface area contributed by atoms with Crippen molar-refractivity contribution in [2.75, 3.05) is 0 Å². The maximum atomic E-state index is 11.0. The highest BCUT2D eigenvalue weighted by atomic mass is 32.2. The summed E-state index contributed by atoms with van der Waals surface area (Å²) in [5.41, 5.74) is 5.36. The summed E-state index contributed by atoms with van der Waals surface area (Å²) in [5, 5.41) is 0. The summed E-state index contributed by atoms with van der Waals surface area (Å²) >= 11 is 0. The number of hydrogen-bond acceptors (Lipinski definition) is 3. The van der Waals surface area contributed by atoms with E-state index in [4.69, 9.17) is 10.3 Å². The van der Waals surface area contributed by atoms with Crippen molar-refractivity contribution in [3.63, 3.8) is 0 Å². The van der Waals surface area contributed by atoms with Crippen molar-refractivity contribution in [1.82, 2.24) is 0 Å². The molecule has 0 saturated carbocycles. The summed E-state index contributed by atoms with van der Waals surface area (Å²) in [6.45, 7) is 3.42. The van der Waals surface area contributed by atoms with E-state index in [1.165, 1.54) is 18.2 Å². The van der Waals surface area contributed by atoms with E-state index in [-0.39, 0.29) is 22.5 Å². The molecular weight excluding hydrogens is 230 g/mol. The van der Waals surface area contributed by atoms with Crippen LogP contribution in [0.1, 0.15) is 5.56 Å². The molecule has 16 heavy (non-hydrogen) atoms. The number of benzene rings is 1. The lowest BCUT2D eigenvalue weighted by molar-refractivity contribution is -0.114. The average molecular weight is 241 g/mol. The molecule has 0 bridgehead atoms. The molecule has 3 N–H and O–H groups in total. The van der Waals surface area contributed by atoms with Crippen LogP contribution in [0.3, 0.4) is 0 Å². The Balaban J connectivity index is 3.16. The fraction of sp³-hybridized carbons (Fsp3) is 0.100. The Morgan fingerprint density at radius 2 is 1.94 bits per heavy atom. The smallest absolute Gasteiger partial charge is 0.294 e. The Morgan fingerprint density at radius 3 is 2.44 bits per heavy atom. The largest absolute Gasteiger partial charge is 0.366 e. The van der Waals surface area contributed by atoms with Gasteiger partial charge in [-0.1, -0.05) is 24.8 Å². The number of hydrogen-bond donors (Lipinski definition) is 2. The molecule has 0 aliphatic carbocycles. The maximum absolute atomic E-state index is 11.0. The van der Waals surface area contributed by atoms with Crippen LogP contribution in [0.2, 0.25) is 0 Å². The van der Waals surface area contributed by atoms with Gasteiger partial charge in [-0.3, -0.25) is 9.35 Å². The van der Waals surface area contributed by atoms with Gasteiger partial charge in [0.25, 0.3) is 10.1 Å². The second kappa shape index (κ2) is 4.46. The highest BCUT2D eigenvalue weighted by Crippen LogP contribution is 2.17. The highest BCUT2D eigenvalue weighted by molar-refractivity contribution is 7.85. The Kier molecular flexibility index (Phi) is 3.46. The van der Waals surface area contributed by atoms with Crippen LogP contribution < -0.4 is 5.73 Å². The Hall–Kier alpha value is -1.66. The first-order chi connectivity index (χ1) is 7.32. The van der Waals surface area contributed by atoms with Crippen molar-refractivity contribution < 1.29 is 17.8 Å². The lowest BCUT2D eigenvalue weighted by Gasteiger charge is -2.06. The van der Waals surface area contributed by atoms with Crippen molar-refractivity contribution in [3.8, 4) is 0 Å². The molecule has 0 aliphatic rings. The van der Waals surface area contributed by atoms with Crippen LogP contribution in [0, 0.1) is 0 Å². The van der Waals surface area contributed by atoms with Gasteiger partial charge in [-0.25, -0.2) is 0 Å². The first kappa shape index (κ1) is 12.4. The predicted octanol–water partition coefficient (Wildman–Crippen LogP) is 0.517. The van der Waals surface area contributed by atoms with E-state index in [2.05, 4.69) is 6.58 Å². The summed E-state index contributed by atoms with van der Waals surface area (Å²) in [5.74, 6) is -0.704. The number of rotatable bonds is 4. The van der Waals surface area contributed by atoms with Gasteiger partial charge in [0.05, 0.1) is 4.90 Å². The summed E-state index contributed by atoms with van der Waals surface area (Å²) in [6, 6.07) is 5.80. The fourth-order valence-corrected chi connectivity index (χ4v) is 1.94. The Labute approximate surface area is 93.3 Å². The molecule has 0 aliphatic heterocycles. The molecule has 0 radical (unpaired) electrons. The normalized spacial score (nSPS) is 11.1. The molecule has 1 rings (SSSR count). The molecule has 1 amide bonds. The van der Waals surface area contributed by atoms with E-state index >= 15 is 0 Å². The standard InChI is InChI=1S/C10H11NO4S/c1-7(10(11)12)6-8-4-2-3-5-9(8)16(13,14)15/h2-5H,1,6H2,(H2,11,12)(H,13,14,15). The third-order valence-electron chi connectivity index (χ3n) is 2.00. The molecule has 0 atom stereocenters. The minimum absolute atomic E-state index is 0.00863. The molecule has 5 nitrogen and oxygen atoms in total. The van der Waals surface area contributed by atoms with Gasteiger partial charge in [-0.2, -0.15) is 8.42 Å². The van der Waals surface area contributed by atoms with Gasteiger partial charge in [0, 0.05) is 12.0 Å². The van der Waals surface area contributed by atoms with E-state index in [0.29, 0.717) is 0 Å². The van der Waals surface area contributed by atoms with Crippen molar-refractivity contribution >= 4 is 16.0 Å². The SMILES string of the molecule is C=C(Cc1ccccc1S(=O)(=O)O)C(N)=O. The van der Waals surface area contributed by atoms with E-state index in [0.717, 1.165) is 0 Å². The van der Waals surface area contributed by atoms with Crippen LogP contribution in [0.25, 0.3) is 0 Å². The maximum Gasteiger partial charge on any atom is 0.294 e. The zero-order valence-corrected chi connectivity index (χ0v) is 9.20. The minimum Gasteiger partial charge on any atom is -0.366 e. The number of primary amides is 1. The quantitative estimate of drug-likeness (QED) is 0.593. The Morgan fingerprint density at radius 1 is 1.38 bits per heavy atom.